The molecular formula is C16H20F3NO2S. The largest absolute Gasteiger partial charge is 0.444 e. The van der Waals surface area contributed by atoms with Crippen LogP contribution in [-0.4, -0.2) is 23.0 Å². The maximum atomic E-state index is 12.7. The van der Waals surface area contributed by atoms with Gasteiger partial charge in [-0.05, 0) is 51.8 Å². The summed E-state index contributed by atoms with van der Waals surface area (Å²) < 4.78 is 43.2. The van der Waals surface area contributed by atoms with E-state index < -0.39 is 23.4 Å². The zero-order chi connectivity index (χ0) is 17.3. The Labute approximate surface area is 138 Å². The molecule has 2 rings (SSSR count). The van der Waals surface area contributed by atoms with E-state index >= 15 is 0 Å². The Morgan fingerprint density at radius 1 is 1.26 bits per heavy atom. The van der Waals surface area contributed by atoms with Crippen molar-refractivity contribution in [2.45, 2.75) is 61.6 Å². The molecule has 0 heterocycles. The fourth-order valence-corrected chi connectivity index (χ4v) is 3.59. The summed E-state index contributed by atoms with van der Waals surface area (Å²) in [5, 5.41) is 2.98. The first-order valence-corrected chi connectivity index (χ1v) is 8.24. The molecule has 0 unspecified atom stereocenters. The molecule has 0 radical (unpaired) electrons. The van der Waals surface area contributed by atoms with Crippen LogP contribution in [-0.2, 0) is 10.9 Å². The quantitative estimate of drug-likeness (QED) is 0.849. The standard InChI is InChI=1S/C16H20F3NO2S/c1-15(2,3)22-14(21)20-11-8-13(9-11)23-12-6-4-5-10(7-12)16(17,18)19/h4-7,11,13H,8-9H2,1-3H3,(H,20,21)/t11-,13+. The molecule has 23 heavy (non-hydrogen) atoms. The molecule has 128 valence electrons. The fourth-order valence-electron chi connectivity index (χ4n) is 2.19. The minimum absolute atomic E-state index is 0.0214. The minimum atomic E-state index is -4.32. The van der Waals surface area contributed by atoms with E-state index in [9.17, 15) is 18.0 Å². The molecule has 1 aromatic rings. The van der Waals surface area contributed by atoms with Crippen molar-refractivity contribution >= 4 is 17.9 Å². The minimum Gasteiger partial charge on any atom is -0.444 e. The average molecular weight is 347 g/mol. The van der Waals surface area contributed by atoms with Crippen LogP contribution >= 0.6 is 11.8 Å². The number of rotatable bonds is 3. The van der Waals surface area contributed by atoms with E-state index in [0.717, 1.165) is 18.9 Å². The smallest absolute Gasteiger partial charge is 0.416 e. The van der Waals surface area contributed by atoms with E-state index in [0.29, 0.717) is 4.90 Å². The number of carbonyl (C=O) groups is 1. The van der Waals surface area contributed by atoms with Gasteiger partial charge in [0.15, 0.2) is 0 Å². The van der Waals surface area contributed by atoms with E-state index in [4.69, 9.17) is 4.74 Å². The van der Waals surface area contributed by atoms with Gasteiger partial charge in [-0.15, -0.1) is 11.8 Å². The zero-order valence-electron chi connectivity index (χ0n) is 13.2. The van der Waals surface area contributed by atoms with Gasteiger partial charge in [0.2, 0.25) is 0 Å². The maximum Gasteiger partial charge on any atom is 0.416 e. The molecule has 1 amide bonds. The molecule has 0 aromatic heterocycles. The molecule has 0 atom stereocenters. The molecule has 1 aliphatic rings. The zero-order valence-corrected chi connectivity index (χ0v) is 14.1. The van der Waals surface area contributed by atoms with E-state index in [1.54, 1.807) is 26.8 Å². The maximum absolute atomic E-state index is 12.7. The first-order valence-electron chi connectivity index (χ1n) is 7.36. The molecule has 0 saturated heterocycles. The van der Waals surface area contributed by atoms with Crippen molar-refractivity contribution in [1.29, 1.82) is 0 Å². The highest BCUT2D eigenvalue weighted by atomic mass is 32.2. The van der Waals surface area contributed by atoms with Crippen LogP contribution < -0.4 is 5.32 Å². The van der Waals surface area contributed by atoms with Gasteiger partial charge in [0.1, 0.15) is 5.60 Å². The van der Waals surface area contributed by atoms with Gasteiger partial charge >= 0.3 is 12.3 Å². The van der Waals surface area contributed by atoms with E-state index in [1.165, 1.54) is 23.9 Å². The van der Waals surface area contributed by atoms with Crippen molar-refractivity contribution in [2.75, 3.05) is 0 Å². The normalized spacial score (nSPS) is 21.5. The van der Waals surface area contributed by atoms with Gasteiger partial charge in [0.05, 0.1) is 5.56 Å². The summed E-state index contributed by atoms with van der Waals surface area (Å²) in [5.41, 5.74) is -1.18. The van der Waals surface area contributed by atoms with Crippen molar-refractivity contribution in [3.05, 3.63) is 29.8 Å². The number of hydrogen-bond donors (Lipinski definition) is 1. The second kappa shape index (κ2) is 6.63. The number of carbonyl (C=O) groups excluding carboxylic acids is 1. The number of hydrogen-bond acceptors (Lipinski definition) is 3. The fraction of sp³-hybridized carbons (Fsp3) is 0.562. The first-order chi connectivity index (χ1) is 10.5. The van der Waals surface area contributed by atoms with Crippen LogP contribution in [0.2, 0.25) is 0 Å². The third-order valence-corrected chi connectivity index (χ3v) is 4.52. The van der Waals surface area contributed by atoms with E-state index in [2.05, 4.69) is 5.32 Å². The molecule has 7 heteroatoms. The second-order valence-corrected chi connectivity index (χ2v) is 7.95. The third-order valence-electron chi connectivity index (χ3n) is 3.28. The lowest BCUT2D eigenvalue weighted by atomic mass is 9.92. The van der Waals surface area contributed by atoms with Gasteiger partial charge in [-0.2, -0.15) is 13.2 Å². The van der Waals surface area contributed by atoms with Crippen LogP contribution in [0, 0.1) is 0 Å². The Balaban J connectivity index is 1.79. The van der Waals surface area contributed by atoms with Crippen LogP contribution in [0.5, 0.6) is 0 Å². The van der Waals surface area contributed by atoms with Crippen LogP contribution in [0.1, 0.15) is 39.2 Å². The predicted octanol–water partition coefficient (Wildman–Crippen LogP) is 4.85. The van der Waals surface area contributed by atoms with Crippen LogP contribution in [0.25, 0.3) is 0 Å². The summed E-state index contributed by atoms with van der Waals surface area (Å²) in [7, 11) is 0. The van der Waals surface area contributed by atoms with E-state index in [1.807, 2.05) is 0 Å². The number of thioether (sulfide) groups is 1. The molecule has 0 spiro atoms. The Hall–Kier alpha value is -1.37. The second-order valence-electron chi connectivity index (χ2n) is 6.58. The van der Waals surface area contributed by atoms with Crippen molar-refractivity contribution in [1.82, 2.24) is 5.32 Å². The highest BCUT2D eigenvalue weighted by Gasteiger charge is 2.34. The van der Waals surface area contributed by atoms with Crippen molar-refractivity contribution < 1.29 is 22.7 Å². The Bertz CT molecular complexity index is 563. The predicted molar refractivity (Wildman–Crippen MR) is 83.5 cm³/mol. The number of benzene rings is 1. The molecule has 3 nitrogen and oxygen atoms in total. The number of ether oxygens (including phenoxy) is 1. The molecule has 1 N–H and O–H groups in total. The topological polar surface area (TPSA) is 38.3 Å². The van der Waals surface area contributed by atoms with Crippen molar-refractivity contribution in [2.24, 2.45) is 0 Å². The SMILES string of the molecule is CC(C)(C)OC(=O)N[C@H]1C[C@@H](Sc2cccc(C(F)(F)F)c2)C1. The lowest BCUT2D eigenvalue weighted by Gasteiger charge is -2.35. The van der Waals surface area contributed by atoms with E-state index in [-0.39, 0.29) is 11.3 Å². The van der Waals surface area contributed by atoms with Crippen LogP contribution in [0.3, 0.4) is 0 Å². The molecule has 0 aliphatic heterocycles. The van der Waals surface area contributed by atoms with Gasteiger partial charge in [-0.25, -0.2) is 4.79 Å². The third kappa shape index (κ3) is 5.64. The summed E-state index contributed by atoms with van der Waals surface area (Å²) in [6.45, 7) is 5.37. The van der Waals surface area contributed by atoms with Gasteiger partial charge in [-0.1, -0.05) is 6.07 Å². The Kier molecular flexibility index (Phi) is 5.18. The summed E-state index contributed by atoms with van der Waals surface area (Å²) in [6, 6.07) is 5.35. The highest BCUT2D eigenvalue weighted by molar-refractivity contribution is 8.00. The molecule has 1 saturated carbocycles. The van der Waals surface area contributed by atoms with Gasteiger partial charge in [-0.3, -0.25) is 0 Å². The molecule has 1 aromatic carbocycles. The van der Waals surface area contributed by atoms with Gasteiger partial charge in [0, 0.05) is 16.2 Å². The number of amides is 1. The van der Waals surface area contributed by atoms with Crippen LogP contribution in [0.4, 0.5) is 18.0 Å². The number of nitrogens with one attached hydrogen (secondary N) is 1. The van der Waals surface area contributed by atoms with Gasteiger partial charge < -0.3 is 10.1 Å². The number of alkyl halides is 3. The summed E-state index contributed by atoms with van der Waals surface area (Å²) in [4.78, 5) is 12.2. The Morgan fingerprint density at radius 2 is 1.91 bits per heavy atom. The lowest BCUT2D eigenvalue weighted by Crippen LogP contribution is -2.47. The summed E-state index contributed by atoms with van der Waals surface area (Å²) >= 11 is 1.41. The number of alkyl carbamates (subject to hydrolysis) is 1. The monoisotopic (exact) mass is 347 g/mol. The summed E-state index contributed by atoms with van der Waals surface area (Å²) in [5.74, 6) is 0. The Morgan fingerprint density at radius 3 is 2.48 bits per heavy atom. The van der Waals surface area contributed by atoms with Crippen molar-refractivity contribution in [3.8, 4) is 0 Å². The van der Waals surface area contributed by atoms with Crippen molar-refractivity contribution in [3.63, 3.8) is 0 Å². The molecule has 1 fully saturated rings. The molecule has 1 aliphatic carbocycles. The molecular weight excluding hydrogens is 327 g/mol. The summed E-state index contributed by atoms with van der Waals surface area (Å²) in [6.07, 6.45) is -3.33. The molecule has 0 bridgehead atoms. The number of halogens is 3. The lowest BCUT2D eigenvalue weighted by molar-refractivity contribution is -0.137. The highest BCUT2D eigenvalue weighted by Crippen LogP contribution is 2.39. The average Bonchev–Trinajstić information content (AvgIpc) is 2.33. The van der Waals surface area contributed by atoms with Crippen LogP contribution in [0.15, 0.2) is 29.2 Å². The first kappa shape index (κ1) is 18.0. The van der Waals surface area contributed by atoms with Gasteiger partial charge in [0.25, 0.3) is 0 Å².